The second-order valence-electron chi connectivity index (χ2n) is 5.13. The summed E-state index contributed by atoms with van der Waals surface area (Å²) in [5.74, 6) is 0.924. The number of nitrogens with two attached hydrogens (primary N) is 1. The first-order chi connectivity index (χ1) is 12.0. The summed E-state index contributed by atoms with van der Waals surface area (Å²) in [6, 6.07) is 12.1. The number of amides is 1. The number of para-hydroxylation sites is 1. The summed E-state index contributed by atoms with van der Waals surface area (Å²) in [7, 11) is 0. The van der Waals surface area contributed by atoms with Crippen molar-refractivity contribution in [3.63, 3.8) is 0 Å². The molecule has 1 aromatic carbocycles. The van der Waals surface area contributed by atoms with E-state index >= 15 is 0 Å². The summed E-state index contributed by atoms with van der Waals surface area (Å²) in [5.41, 5.74) is 6.27. The number of aryl methyl sites for hydroxylation is 1. The second-order valence-corrected chi connectivity index (χ2v) is 6.07. The minimum absolute atomic E-state index is 0.0363. The van der Waals surface area contributed by atoms with Crippen molar-refractivity contribution in [2.75, 3.05) is 16.8 Å². The molecule has 1 amide bonds. The van der Waals surface area contributed by atoms with Crippen LogP contribution in [-0.2, 0) is 4.79 Å². The molecule has 0 saturated carbocycles. The lowest BCUT2D eigenvalue weighted by molar-refractivity contribution is -0.113. The van der Waals surface area contributed by atoms with Crippen molar-refractivity contribution in [1.29, 1.82) is 0 Å². The fourth-order valence-corrected chi connectivity index (χ4v) is 2.97. The van der Waals surface area contributed by atoms with Crippen molar-refractivity contribution in [3.8, 4) is 5.69 Å². The van der Waals surface area contributed by atoms with E-state index in [0.29, 0.717) is 16.7 Å². The molecular formula is C16H15N5O3S. The van der Waals surface area contributed by atoms with Gasteiger partial charge in [-0.05, 0) is 19.1 Å². The van der Waals surface area contributed by atoms with Crippen LogP contribution in [0, 0.1) is 6.92 Å². The van der Waals surface area contributed by atoms with Crippen molar-refractivity contribution in [2.45, 2.75) is 12.1 Å². The highest BCUT2D eigenvalue weighted by Gasteiger charge is 2.13. The van der Waals surface area contributed by atoms with Crippen LogP contribution in [0.25, 0.3) is 5.69 Å². The van der Waals surface area contributed by atoms with Crippen molar-refractivity contribution in [1.82, 2.24) is 14.7 Å². The molecule has 2 aromatic heterocycles. The Morgan fingerprint density at radius 3 is 2.76 bits per heavy atom. The Morgan fingerprint density at radius 1 is 1.32 bits per heavy atom. The van der Waals surface area contributed by atoms with E-state index in [-0.39, 0.29) is 17.5 Å². The van der Waals surface area contributed by atoms with Crippen LogP contribution in [0.2, 0.25) is 0 Å². The fraction of sp³-hybridized carbons (Fsp3) is 0.125. The fourth-order valence-electron chi connectivity index (χ4n) is 2.15. The maximum Gasteiger partial charge on any atom is 0.275 e. The van der Waals surface area contributed by atoms with Gasteiger partial charge in [-0.1, -0.05) is 35.1 Å². The van der Waals surface area contributed by atoms with Crippen LogP contribution in [0.15, 0.2) is 56.9 Å². The summed E-state index contributed by atoms with van der Waals surface area (Å²) in [5, 5.41) is 6.64. The predicted octanol–water partition coefficient (Wildman–Crippen LogP) is 1.84. The van der Waals surface area contributed by atoms with Crippen molar-refractivity contribution >= 4 is 29.3 Å². The Balaban J connectivity index is 1.80. The van der Waals surface area contributed by atoms with Gasteiger partial charge < -0.3 is 15.6 Å². The van der Waals surface area contributed by atoms with Crippen molar-refractivity contribution < 1.29 is 9.32 Å². The predicted molar refractivity (Wildman–Crippen MR) is 94.8 cm³/mol. The van der Waals surface area contributed by atoms with Gasteiger partial charge in [0.05, 0.1) is 5.75 Å². The van der Waals surface area contributed by atoms with E-state index in [1.165, 1.54) is 6.07 Å². The number of rotatable bonds is 5. The van der Waals surface area contributed by atoms with Gasteiger partial charge in [0.2, 0.25) is 5.91 Å². The molecule has 0 fully saturated rings. The quantitative estimate of drug-likeness (QED) is 0.528. The number of nitrogens with zero attached hydrogens (tertiary/aromatic N) is 3. The molecule has 0 spiro atoms. The average molecular weight is 357 g/mol. The largest absolute Gasteiger partial charge is 0.385 e. The van der Waals surface area contributed by atoms with Gasteiger partial charge in [0.15, 0.2) is 11.0 Å². The Hall–Kier alpha value is -3.07. The number of nitrogen functional groups attached to an aromatic ring is 1. The number of carbonyl (C=O) groups excluding carboxylic acids is 1. The minimum Gasteiger partial charge on any atom is -0.385 e. The number of benzene rings is 1. The molecule has 0 saturated heterocycles. The molecule has 25 heavy (non-hydrogen) atoms. The van der Waals surface area contributed by atoms with Gasteiger partial charge in [0.25, 0.3) is 5.56 Å². The van der Waals surface area contributed by atoms with Gasteiger partial charge in [-0.25, -0.2) is 0 Å². The van der Waals surface area contributed by atoms with Gasteiger partial charge in [-0.15, -0.1) is 0 Å². The summed E-state index contributed by atoms with van der Waals surface area (Å²) >= 11 is 1.11. The number of anilines is 2. The van der Waals surface area contributed by atoms with Crippen LogP contribution < -0.4 is 16.6 Å². The summed E-state index contributed by atoms with van der Waals surface area (Å²) in [6.07, 6.45) is 0. The highest BCUT2D eigenvalue weighted by atomic mass is 32.2. The van der Waals surface area contributed by atoms with Gasteiger partial charge in [0.1, 0.15) is 11.6 Å². The van der Waals surface area contributed by atoms with Crippen LogP contribution in [0.3, 0.4) is 0 Å². The van der Waals surface area contributed by atoms with Crippen molar-refractivity contribution in [3.05, 3.63) is 58.6 Å². The zero-order valence-corrected chi connectivity index (χ0v) is 14.1. The monoisotopic (exact) mass is 357 g/mol. The normalized spacial score (nSPS) is 10.6. The summed E-state index contributed by atoms with van der Waals surface area (Å²) in [6.45, 7) is 1.73. The maximum absolute atomic E-state index is 12.1. The van der Waals surface area contributed by atoms with Crippen LogP contribution in [-0.4, -0.2) is 26.4 Å². The SMILES string of the molecule is Cc1cc(NC(=O)CSc2nc(=O)cc(N)n2-c2ccccc2)no1. The van der Waals surface area contributed by atoms with Gasteiger partial charge in [-0.3, -0.25) is 14.2 Å². The first kappa shape index (κ1) is 16.8. The molecule has 3 N–H and O–H groups in total. The Labute approximate surface area is 147 Å². The number of nitrogens with one attached hydrogen (secondary N) is 1. The molecular weight excluding hydrogens is 342 g/mol. The number of hydrogen-bond acceptors (Lipinski definition) is 7. The van der Waals surface area contributed by atoms with Crippen LogP contribution in [0.1, 0.15) is 5.76 Å². The number of thioether (sulfide) groups is 1. The zero-order valence-electron chi connectivity index (χ0n) is 13.3. The third kappa shape index (κ3) is 4.07. The Kier molecular flexibility index (Phi) is 4.85. The van der Waals surface area contributed by atoms with Gasteiger partial charge in [0, 0.05) is 17.8 Å². The molecule has 2 heterocycles. The van der Waals surface area contributed by atoms with Crippen LogP contribution in [0.5, 0.6) is 0 Å². The van der Waals surface area contributed by atoms with Gasteiger partial charge in [-0.2, -0.15) is 4.98 Å². The van der Waals surface area contributed by atoms with Crippen LogP contribution >= 0.6 is 11.8 Å². The molecule has 0 aliphatic carbocycles. The number of aromatic nitrogens is 3. The lowest BCUT2D eigenvalue weighted by atomic mass is 10.3. The Bertz CT molecular complexity index is 952. The molecule has 9 heteroatoms. The lowest BCUT2D eigenvalue weighted by Gasteiger charge is -2.14. The molecule has 8 nitrogen and oxygen atoms in total. The highest BCUT2D eigenvalue weighted by molar-refractivity contribution is 7.99. The smallest absolute Gasteiger partial charge is 0.275 e. The molecule has 128 valence electrons. The number of carbonyl (C=O) groups is 1. The van der Waals surface area contributed by atoms with E-state index in [2.05, 4.69) is 15.5 Å². The van der Waals surface area contributed by atoms with E-state index in [4.69, 9.17) is 10.3 Å². The third-order valence-electron chi connectivity index (χ3n) is 3.17. The molecule has 0 bridgehead atoms. The summed E-state index contributed by atoms with van der Waals surface area (Å²) < 4.78 is 6.52. The second kappa shape index (κ2) is 7.22. The summed E-state index contributed by atoms with van der Waals surface area (Å²) in [4.78, 5) is 27.7. The topological polar surface area (TPSA) is 116 Å². The van der Waals surface area contributed by atoms with Crippen molar-refractivity contribution in [2.24, 2.45) is 0 Å². The molecule has 3 aromatic rings. The van der Waals surface area contributed by atoms with E-state index in [0.717, 1.165) is 17.4 Å². The van der Waals surface area contributed by atoms with Gasteiger partial charge >= 0.3 is 0 Å². The van der Waals surface area contributed by atoms with E-state index < -0.39 is 5.56 Å². The average Bonchev–Trinajstić information content (AvgIpc) is 2.98. The molecule has 0 aliphatic rings. The highest BCUT2D eigenvalue weighted by Crippen LogP contribution is 2.22. The molecule has 0 aliphatic heterocycles. The minimum atomic E-state index is -0.459. The van der Waals surface area contributed by atoms with E-state index in [1.54, 1.807) is 17.6 Å². The maximum atomic E-state index is 12.1. The standard InChI is InChI=1S/C16H15N5O3S/c1-10-7-13(20-24-10)18-15(23)9-25-16-19-14(22)8-12(17)21(16)11-5-3-2-4-6-11/h2-8H,9,17H2,1H3,(H,18,20,23). The number of hydrogen-bond donors (Lipinski definition) is 2. The van der Waals surface area contributed by atoms with Crippen LogP contribution in [0.4, 0.5) is 11.6 Å². The zero-order chi connectivity index (χ0) is 17.8. The molecule has 0 unspecified atom stereocenters. The first-order valence-corrected chi connectivity index (χ1v) is 8.32. The third-order valence-corrected chi connectivity index (χ3v) is 4.11. The molecule has 0 atom stereocenters. The Morgan fingerprint density at radius 2 is 2.08 bits per heavy atom. The van der Waals surface area contributed by atoms with E-state index in [9.17, 15) is 9.59 Å². The first-order valence-electron chi connectivity index (χ1n) is 7.34. The lowest BCUT2D eigenvalue weighted by Crippen LogP contribution is -2.19. The van der Waals surface area contributed by atoms with E-state index in [1.807, 2.05) is 30.3 Å². The molecule has 3 rings (SSSR count). The molecule has 0 radical (unpaired) electrons.